The van der Waals surface area contributed by atoms with Gasteiger partial charge in [-0.1, -0.05) is 0 Å². The van der Waals surface area contributed by atoms with E-state index in [2.05, 4.69) is 10.00 Å². The molecule has 5 heteroatoms. The lowest BCUT2D eigenvalue weighted by Crippen LogP contribution is -2.33. The fourth-order valence-electron chi connectivity index (χ4n) is 2.86. The summed E-state index contributed by atoms with van der Waals surface area (Å²) in [7, 11) is 3.81. The van der Waals surface area contributed by atoms with Crippen molar-refractivity contribution < 1.29 is 9.47 Å². The van der Waals surface area contributed by atoms with E-state index in [0.29, 0.717) is 6.61 Å². The van der Waals surface area contributed by atoms with Crippen molar-refractivity contribution in [3.05, 3.63) is 17.0 Å². The molecule has 0 N–H and O–H groups in total. The Bertz CT molecular complexity index is 454. The number of aromatic nitrogens is 2. The largest absolute Gasteiger partial charge is 0.383 e. The number of hydrogen-bond acceptors (Lipinski definition) is 4. The fourth-order valence-corrected chi connectivity index (χ4v) is 2.86. The molecule has 1 fully saturated rings. The van der Waals surface area contributed by atoms with Gasteiger partial charge in [-0.15, -0.1) is 0 Å². The van der Waals surface area contributed by atoms with Gasteiger partial charge >= 0.3 is 0 Å². The van der Waals surface area contributed by atoms with E-state index in [-0.39, 0.29) is 0 Å². The van der Waals surface area contributed by atoms with Crippen molar-refractivity contribution in [1.82, 2.24) is 14.7 Å². The molecular formula is C15H25N3O2. The van der Waals surface area contributed by atoms with Crippen LogP contribution in [-0.2, 0) is 36.1 Å². The first-order chi connectivity index (χ1) is 9.78. The lowest BCUT2D eigenvalue weighted by molar-refractivity contribution is 0.106. The third-order valence-electron chi connectivity index (χ3n) is 4.31. The number of methoxy groups -OCH3 is 1. The summed E-state index contributed by atoms with van der Waals surface area (Å²) in [6.45, 7) is 5.43. The summed E-state index contributed by atoms with van der Waals surface area (Å²) in [5.41, 5.74) is 3.89. The molecule has 0 atom stereocenters. The molecule has 0 saturated heterocycles. The van der Waals surface area contributed by atoms with Crippen LogP contribution in [0.1, 0.15) is 29.8 Å². The topological polar surface area (TPSA) is 39.5 Å². The van der Waals surface area contributed by atoms with Gasteiger partial charge in [0.25, 0.3) is 0 Å². The maximum Gasteiger partial charge on any atom is 0.0929 e. The summed E-state index contributed by atoms with van der Waals surface area (Å²) >= 11 is 0. The third-order valence-corrected chi connectivity index (χ3v) is 4.31. The SMILES string of the molecule is COCCN1CCc2c(c(COCC3CC3)nn2C)C1. The quantitative estimate of drug-likeness (QED) is 0.755. The molecule has 0 radical (unpaired) electrons. The van der Waals surface area contributed by atoms with Gasteiger partial charge in [-0.05, 0) is 18.8 Å². The number of hydrogen-bond donors (Lipinski definition) is 0. The van der Waals surface area contributed by atoms with Crippen LogP contribution in [0, 0.1) is 5.92 Å². The molecule has 0 amide bonds. The summed E-state index contributed by atoms with van der Waals surface area (Å²) in [5.74, 6) is 0.813. The molecule has 0 spiro atoms. The van der Waals surface area contributed by atoms with Crippen molar-refractivity contribution in [3.8, 4) is 0 Å². The smallest absolute Gasteiger partial charge is 0.0929 e. The highest BCUT2D eigenvalue weighted by Gasteiger charge is 2.25. The van der Waals surface area contributed by atoms with Crippen LogP contribution in [0.2, 0.25) is 0 Å². The molecule has 1 aliphatic heterocycles. The van der Waals surface area contributed by atoms with Crippen LogP contribution in [0.3, 0.4) is 0 Å². The third kappa shape index (κ3) is 3.22. The second kappa shape index (κ2) is 6.24. The first-order valence-corrected chi connectivity index (χ1v) is 7.60. The Morgan fingerprint density at radius 1 is 1.35 bits per heavy atom. The molecule has 3 rings (SSSR count). The van der Waals surface area contributed by atoms with Crippen LogP contribution in [0.4, 0.5) is 0 Å². The molecular weight excluding hydrogens is 254 g/mol. The van der Waals surface area contributed by atoms with Crippen molar-refractivity contribution in [2.24, 2.45) is 13.0 Å². The molecule has 1 aromatic heterocycles. The zero-order valence-electron chi connectivity index (χ0n) is 12.6. The van der Waals surface area contributed by atoms with Crippen LogP contribution in [-0.4, -0.2) is 48.1 Å². The van der Waals surface area contributed by atoms with E-state index < -0.39 is 0 Å². The second-order valence-electron chi connectivity index (χ2n) is 5.97. The monoisotopic (exact) mass is 279 g/mol. The van der Waals surface area contributed by atoms with Crippen molar-refractivity contribution in [2.45, 2.75) is 32.4 Å². The van der Waals surface area contributed by atoms with Gasteiger partial charge in [0.15, 0.2) is 0 Å². The molecule has 0 bridgehead atoms. The highest BCUT2D eigenvalue weighted by molar-refractivity contribution is 5.28. The number of rotatable bonds is 7. The minimum Gasteiger partial charge on any atom is -0.383 e. The molecule has 5 nitrogen and oxygen atoms in total. The molecule has 0 unspecified atom stereocenters. The molecule has 112 valence electrons. The minimum absolute atomic E-state index is 0.664. The molecule has 20 heavy (non-hydrogen) atoms. The Hall–Kier alpha value is -0.910. The van der Waals surface area contributed by atoms with E-state index in [4.69, 9.17) is 9.47 Å². The van der Waals surface area contributed by atoms with Crippen molar-refractivity contribution in [1.29, 1.82) is 0 Å². The van der Waals surface area contributed by atoms with Gasteiger partial charge in [0.1, 0.15) is 0 Å². The van der Waals surface area contributed by atoms with Crippen LogP contribution in [0.5, 0.6) is 0 Å². The summed E-state index contributed by atoms with van der Waals surface area (Å²) in [6, 6.07) is 0. The van der Waals surface area contributed by atoms with Crippen LogP contribution in [0.25, 0.3) is 0 Å². The molecule has 1 saturated carbocycles. The van der Waals surface area contributed by atoms with Crippen molar-refractivity contribution in [3.63, 3.8) is 0 Å². The first kappa shape index (κ1) is 14.0. The van der Waals surface area contributed by atoms with Gasteiger partial charge in [-0.3, -0.25) is 9.58 Å². The molecule has 2 aliphatic rings. The van der Waals surface area contributed by atoms with Gasteiger partial charge < -0.3 is 9.47 Å². The summed E-state index contributed by atoms with van der Waals surface area (Å²) in [6.07, 6.45) is 3.75. The minimum atomic E-state index is 0.664. The highest BCUT2D eigenvalue weighted by Crippen LogP contribution is 2.29. The summed E-state index contributed by atoms with van der Waals surface area (Å²) in [4.78, 5) is 2.44. The Morgan fingerprint density at radius 2 is 2.20 bits per heavy atom. The molecule has 0 aromatic carbocycles. The Morgan fingerprint density at radius 3 is 2.95 bits per heavy atom. The zero-order valence-corrected chi connectivity index (χ0v) is 12.6. The van der Waals surface area contributed by atoms with Crippen LogP contribution < -0.4 is 0 Å². The van der Waals surface area contributed by atoms with E-state index in [0.717, 1.165) is 50.9 Å². The number of fused-ring (bicyclic) bond motifs is 1. The Kier molecular flexibility index (Phi) is 4.38. The standard InChI is InChI=1S/C15H25N3O2/c1-17-15-5-6-18(7-8-19-2)9-13(15)14(16-17)11-20-10-12-3-4-12/h12H,3-11H2,1-2H3. The number of aryl methyl sites for hydroxylation is 1. The molecule has 1 aromatic rings. The van der Waals surface area contributed by atoms with Gasteiger partial charge in [0.05, 0.1) is 18.9 Å². The predicted octanol–water partition coefficient (Wildman–Crippen LogP) is 1.35. The average molecular weight is 279 g/mol. The van der Waals surface area contributed by atoms with Crippen molar-refractivity contribution in [2.75, 3.05) is 33.4 Å². The second-order valence-corrected chi connectivity index (χ2v) is 5.97. The van der Waals surface area contributed by atoms with Gasteiger partial charge in [0, 0.05) is 58.1 Å². The van der Waals surface area contributed by atoms with Gasteiger partial charge in [0.2, 0.25) is 0 Å². The van der Waals surface area contributed by atoms with Gasteiger partial charge in [-0.25, -0.2) is 0 Å². The Labute approximate surface area is 120 Å². The van der Waals surface area contributed by atoms with Crippen molar-refractivity contribution >= 4 is 0 Å². The lowest BCUT2D eigenvalue weighted by atomic mass is 10.1. The van der Waals surface area contributed by atoms with Crippen LogP contribution >= 0.6 is 0 Å². The summed E-state index contributed by atoms with van der Waals surface area (Å²) < 4.78 is 13.0. The number of nitrogens with zero attached hydrogens (tertiary/aromatic N) is 3. The maximum absolute atomic E-state index is 5.82. The zero-order chi connectivity index (χ0) is 13.9. The van der Waals surface area contributed by atoms with E-state index in [1.54, 1.807) is 7.11 Å². The van der Waals surface area contributed by atoms with E-state index in [1.807, 2.05) is 11.7 Å². The van der Waals surface area contributed by atoms with E-state index in [9.17, 15) is 0 Å². The molecule has 1 aliphatic carbocycles. The fraction of sp³-hybridized carbons (Fsp3) is 0.800. The van der Waals surface area contributed by atoms with Crippen LogP contribution in [0.15, 0.2) is 0 Å². The van der Waals surface area contributed by atoms with E-state index in [1.165, 1.54) is 24.1 Å². The maximum atomic E-state index is 5.82. The average Bonchev–Trinajstić information content (AvgIpc) is 3.22. The highest BCUT2D eigenvalue weighted by atomic mass is 16.5. The molecule has 2 heterocycles. The normalized spacial score (nSPS) is 19.3. The van der Waals surface area contributed by atoms with Gasteiger partial charge in [-0.2, -0.15) is 5.10 Å². The predicted molar refractivity (Wildman–Crippen MR) is 76.4 cm³/mol. The first-order valence-electron chi connectivity index (χ1n) is 7.60. The number of ether oxygens (including phenoxy) is 2. The van der Waals surface area contributed by atoms with E-state index >= 15 is 0 Å². The lowest BCUT2D eigenvalue weighted by Gasteiger charge is -2.27. The Balaban J connectivity index is 1.62. The summed E-state index contributed by atoms with van der Waals surface area (Å²) in [5, 5.41) is 4.66.